The lowest BCUT2D eigenvalue weighted by Crippen LogP contribution is -1.96. The zero-order valence-corrected chi connectivity index (χ0v) is 13.2. The van der Waals surface area contributed by atoms with Crippen LogP contribution in [0.2, 0.25) is 0 Å². The summed E-state index contributed by atoms with van der Waals surface area (Å²) in [6, 6.07) is 4.00. The third-order valence-corrected chi connectivity index (χ3v) is 4.41. The van der Waals surface area contributed by atoms with E-state index >= 15 is 0 Å². The van der Waals surface area contributed by atoms with Gasteiger partial charge >= 0.3 is 0 Å². The van der Waals surface area contributed by atoms with E-state index in [-0.39, 0.29) is 5.92 Å². The smallest absolute Gasteiger partial charge is 0.149 e. The fourth-order valence-corrected chi connectivity index (χ4v) is 3.34. The van der Waals surface area contributed by atoms with Gasteiger partial charge < -0.3 is 13.6 Å². The van der Waals surface area contributed by atoms with Gasteiger partial charge in [-0.1, -0.05) is 6.92 Å². The molecule has 0 saturated heterocycles. The Labute approximate surface area is 125 Å². The van der Waals surface area contributed by atoms with E-state index in [1.165, 1.54) is 0 Å². The van der Waals surface area contributed by atoms with Gasteiger partial charge in [-0.05, 0) is 47.8 Å². The molecule has 20 heavy (non-hydrogen) atoms. The van der Waals surface area contributed by atoms with E-state index in [2.05, 4.69) is 15.9 Å². The minimum Gasteiger partial charge on any atom is -0.461 e. The number of carbonyl (C=O) groups is 1. The summed E-state index contributed by atoms with van der Waals surface area (Å²) in [6.45, 7) is 5.89. The fourth-order valence-electron chi connectivity index (χ4n) is 2.75. The number of aryl methyl sites for hydroxylation is 2. The first kappa shape index (κ1) is 13.4. The average Bonchev–Trinajstić information content (AvgIpc) is 2.93. The molecule has 4 heteroatoms. The molecule has 0 N–H and O–H groups in total. The van der Waals surface area contributed by atoms with Crippen molar-refractivity contribution >= 4 is 44.2 Å². The summed E-state index contributed by atoms with van der Waals surface area (Å²) in [4.78, 5) is 10.9. The summed E-state index contributed by atoms with van der Waals surface area (Å²) in [6.07, 6.45) is 1.42. The Bertz CT molecular complexity index is 752. The topological polar surface area (TPSA) is 43.4 Å². The first-order chi connectivity index (χ1) is 9.52. The van der Waals surface area contributed by atoms with Gasteiger partial charge in [0, 0.05) is 22.8 Å². The number of aldehydes is 1. The Morgan fingerprint density at radius 1 is 1.15 bits per heavy atom. The number of carbonyl (C=O) groups excluding carboxylic acids is 1. The highest BCUT2D eigenvalue weighted by atomic mass is 79.9. The van der Waals surface area contributed by atoms with E-state index < -0.39 is 0 Å². The summed E-state index contributed by atoms with van der Waals surface area (Å²) in [5.74, 6) is 1.79. The Balaban J connectivity index is 2.47. The van der Waals surface area contributed by atoms with Crippen molar-refractivity contribution in [3.05, 3.63) is 33.7 Å². The SMILES string of the molecule is Cc1cc2c(C(C)CC=O)c3oc(C)cc3c(Br)c2o1. The molecule has 0 bridgehead atoms. The zero-order chi connectivity index (χ0) is 14.4. The zero-order valence-electron chi connectivity index (χ0n) is 11.6. The van der Waals surface area contributed by atoms with Crippen LogP contribution in [0.25, 0.3) is 21.9 Å². The van der Waals surface area contributed by atoms with Gasteiger partial charge in [0.1, 0.15) is 29.0 Å². The number of rotatable bonds is 3. The maximum Gasteiger partial charge on any atom is 0.149 e. The molecular weight excluding hydrogens is 320 g/mol. The summed E-state index contributed by atoms with van der Waals surface area (Å²) >= 11 is 3.61. The molecule has 0 radical (unpaired) electrons. The number of hydrogen-bond acceptors (Lipinski definition) is 3. The molecule has 0 fully saturated rings. The molecule has 3 aromatic rings. The van der Waals surface area contributed by atoms with Crippen molar-refractivity contribution in [1.82, 2.24) is 0 Å². The third kappa shape index (κ3) is 1.90. The van der Waals surface area contributed by atoms with Gasteiger partial charge in [0.15, 0.2) is 0 Å². The normalized spacial score (nSPS) is 13.2. The van der Waals surface area contributed by atoms with Crippen LogP contribution in [0.4, 0.5) is 0 Å². The molecule has 104 valence electrons. The highest BCUT2D eigenvalue weighted by molar-refractivity contribution is 9.10. The number of halogens is 1. The quantitative estimate of drug-likeness (QED) is 0.614. The van der Waals surface area contributed by atoms with Gasteiger partial charge in [0.2, 0.25) is 0 Å². The average molecular weight is 335 g/mol. The monoisotopic (exact) mass is 334 g/mol. The van der Waals surface area contributed by atoms with Crippen LogP contribution in [0, 0.1) is 13.8 Å². The Kier molecular flexibility index (Phi) is 3.21. The molecule has 1 unspecified atom stereocenters. The maximum absolute atomic E-state index is 10.9. The van der Waals surface area contributed by atoms with E-state index in [9.17, 15) is 4.79 Å². The number of furan rings is 2. The molecule has 0 aliphatic rings. The van der Waals surface area contributed by atoms with Crippen molar-refractivity contribution in [3.8, 4) is 0 Å². The number of hydrogen-bond donors (Lipinski definition) is 0. The molecular formula is C16H15BrO3. The summed E-state index contributed by atoms with van der Waals surface area (Å²) < 4.78 is 12.6. The van der Waals surface area contributed by atoms with E-state index in [0.29, 0.717) is 6.42 Å². The van der Waals surface area contributed by atoms with Crippen LogP contribution in [0.15, 0.2) is 25.4 Å². The van der Waals surface area contributed by atoms with E-state index in [0.717, 1.165) is 49.8 Å². The lowest BCUT2D eigenvalue weighted by molar-refractivity contribution is -0.108. The van der Waals surface area contributed by atoms with E-state index in [1.54, 1.807) is 0 Å². The first-order valence-electron chi connectivity index (χ1n) is 6.58. The molecule has 3 rings (SSSR count). The predicted octanol–water partition coefficient (Wildman–Crippen LogP) is 5.25. The molecule has 2 heterocycles. The van der Waals surface area contributed by atoms with Crippen molar-refractivity contribution in [3.63, 3.8) is 0 Å². The van der Waals surface area contributed by atoms with E-state index in [1.807, 2.05) is 32.9 Å². The molecule has 1 aromatic carbocycles. The second-order valence-corrected chi connectivity index (χ2v) is 6.02. The van der Waals surface area contributed by atoms with Crippen molar-refractivity contribution in [2.75, 3.05) is 0 Å². The summed E-state index contributed by atoms with van der Waals surface area (Å²) in [5, 5.41) is 2.02. The summed E-state index contributed by atoms with van der Waals surface area (Å²) in [5.41, 5.74) is 2.72. The Morgan fingerprint density at radius 2 is 1.75 bits per heavy atom. The predicted molar refractivity (Wildman–Crippen MR) is 82.3 cm³/mol. The molecule has 0 saturated carbocycles. The largest absolute Gasteiger partial charge is 0.461 e. The number of fused-ring (bicyclic) bond motifs is 2. The molecule has 0 aliphatic carbocycles. The third-order valence-electron chi connectivity index (χ3n) is 3.62. The molecule has 3 nitrogen and oxygen atoms in total. The van der Waals surface area contributed by atoms with Gasteiger partial charge in [-0.2, -0.15) is 0 Å². The van der Waals surface area contributed by atoms with Crippen molar-refractivity contribution < 1.29 is 13.6 Å². The van der Waals surface area contributed by atoms with Crippen LogP contribution < -0.4 is 0 Å². The molecule has 0 amide bonds. The van der Waals surface area contributed by atoms with Crippen molar-refractivity contribution in [2.45, 2.75) is 33.1 Å². The van der Waals surface area contributed by atoms with Gasteiger partial charge in [-0.25, -0.2) is 0 Å². The Hall–Kier alpha value is -1.55. The minimum absolute atomic E-state index is 0.0909. The highest BCUT2D eigenvalue weighted by Gasteiger charge is 2.22. The van der Waals surface area contributed by atoms with Crippen LogP contribution in [-0.4, -0.2) is 6.29 Å². The van der Waals surface area contributed by atoms with Crippen LogP contribution in [0.5, 0.6) is 0 Å². The molecule has 1 atom stereocenters. The van der Waals surface area contributed by atoms with Crippen LogP contribution in [-0.2, 0) is 4.79 Å². The van der Waals surface area contributed by atoms with Crippen LogP contribution in [0.1, 0.15) is 36.3 Å². The van der Waals surface area contributed by atoms with Crippen molar-refractivity contribution in [1.29, 1.82) is 0 Å². The summed E-state index contributed by atoms with van der Waals surface area (Å²) in [7, 11) is 0. The first-order valence-corrected chi connectivity index (χ1v) is 7.37. The standard InChI is InChI=1S/C16H15BrO3/c1-8(4-5-18)13-11-6-9(2)20-16(11)14(17)12-7-10(3)19-15(12)13/h5-8H,4H2,1-3H3. The molecule has 0 aliphatic heterocycles. The fraction of sp³-hybridized carbons (Fsp3) is 0.312. The molecule has 2 aromatic heterocycles. The minimum atomic E-state index is 0.0909. The maximum atomic E-state index is 10.9. The second kappa shape index (κ2) is 4.77. The van der Waals surface area contributed by atoms with Crippen LogP contribution >= 0.6 is 15.9 Å². The van der Waals surface area contributed by atoms with E-state index in [4.69, 9.17) is 8.83 Å². The highest BCUT2D eigenvalue weighted by Crippen LogP contribution is 2.42. The lowest BCUT2D eigenvalue weighted by Gasteiger charge is -2.11. The van der Waals surface area contributed by atoms with Crippen LogP contribution in [0.3, 0.4) is 0 Å². The van der Waals surface area contributed by atoms with Gasteiger partial charge in [0.25, 0.3) is 0 Å². The van der Waals surface area contributed by atoms with Gasteiger partial charge in [-0.3, -0.25) is 0 Å². The second-order valence-electron chi connectivity index (χ2n) is 5.23. The van der Waals surface area contributed by atoms with Crippen molar-refractivity contribution in [2.24, 2.45) is 0 Å². The number of benzene rings is 1. The molecule has 0 spiro atoms. The van der Waals surface area contributed by atoms with Gasteiger partial charge in [0.05, 0.1) is 4.47 Å². The van der Waals surface area contributed by atoms with Gasteiger partial charge in [-0.15, -0.1) is 0 Å². The Morgan fingerprint density at radius 3 is 2.40 bits per heavy atom. The lowest BCUT2D eigenvalue weighted by atomic mass is 9.93.